The first kappa shape index (κ1) is 8.02. The van der Waals surface area contributed by atoms with Gasteiger partial charge in [0.25, 0.3) is 0 Å². The summed E-state index contributed by atoms with van der Waals surface area (Å²) in [6.07, 6.45) is 3.17. The molecule has 1 heterocycles. The smallest absolute Gasteiger partial charge is 0.0565 e. The van der Waals surface area contributed by atoms with Gasteiger partial charge in [0.05, 0.1) is 12.2 Å². The quantitative estimate of drug-likeness (QED) is 0.594. The van der Waals surface area contributed by atoms with Crippen LogP contribution in [-0.2, 0) is 4.74 Å². The van der Waals surface area contributed by atoms with Crippen molar-refractivity contribution < 1.29 is 4.74 Å². The molecule has 0 aliphatic carbocycles. The first-order valence-corrected chi connectivity index (χ1v) is 4.05. The van der Waals surface area contributed by atoms with Gasteiger partial charge in [0, 0.05) is 6.04 Å². The highest BCUT2D eigenvalue weighted by Crippen LogP contribution is 2.18. The lowest BCUT2D eigenvalue weighted by Gasteiger charge is -2.31. The molecular weight excluding hydrogens is 126 g/mol. The minimum atomic E-state index is 0.432. The van der Waals surface area contributed by atoms with E-state index in [4.69, 9.17) is 4.74 Å². The summed E-state index contributed by atoms with van der Waals surface area (Å²) in [4.78, 5) is 0. The maximum atomic E-state index is 5.58. The third-order valence-electron chi connectivity index (χ3n) is 2.11. The lowest BCUT2D eigenvalue weighted by Crippen LogP contribution is -2.39. The van der Waals surface area contributed by atoms with Crippen LogP contribution in [0.4, 0.5) is 0 Å². The zero-order chi connectivity index (χ0) is 7.56. The van der Waals surface area contributed by atoms with Crippen molar-refractivity contribution in [3.63, 3.8) is 0 Å². The van der Waals surface area contributed by atoms with Gasteiger partial charge in [-0.2, -0.15) is 0 Å². The van der Waals surface area contributed by atoms with Crippen molar-refractivity contribution in [3.05, 3.63) is 0 Å². The minimum absolute atomic E-state index is 0.432. The van der Waals surface area contributed by atoms with Crippen LogP contribution in [0.1, 0.15) is 26.7 Å². The van der Waals surface area contributed by atoms with Gasteiger partial charge >= 0.3 is 0 Å². The standard InChI is InChI=1S/C8H17NO/c1-6-4-8(9-3)5-7(2)10-6/h6-9H,4-5H2,1-3H3/t6-,7+,8?. The van der Waals surface area contributed by atoms with Crippen LogP contribution in [-0.4, -0.2) is 25.3 Å². The molecule has 60 valence electrons. The molecule has 1 saturated heterocycles. The van der Waals surface area contributed by atoms with Crippen molar-refractivity contribution >= 4 is 0 Å². The summed E-state index contributed by atoms with van der Waals surface area (Å²) in [6, 6.07) is 0.666. The van der Waals surface area contributed by atoms with Crippen LogP contribution >= 0.6 is 0 Å². The molecule has 3 atom stereocenters. The highest BCUT2D eigenvalue weighted by Gasteiger charge is 2.22. The highest BCUT2D eigenvalue weighted by atomic mass is 16.5. The molecule has 1 fully saturated rings. The van der Waals surface area contributed by atoms with Gasteiger partial charge in [-0.05, 0) is 33.7 Å². The molecule has 0 aromatic carbocycles. The predicted molar refractivity (Wildman–Crippen MR) is 42.1 cm³/mol. The molecule has 0 amide bonds. The number of nitrogens with one attached hydrogen (secondary N) is 1. The van der Waals surface area contributed by atoms with E-state index in [1.807, 2.05) is 7.05 Å². The molecule has 2 heteroatoms. The maximum Gasteiger partial charge on any atom is 0.0565 e. The van der Waals surface area contributed by atoms with E-state index in [0.29, 0.717) is 18.2 Å². The van der Waals surface area contributed by atoms with Crippen LogP contribution in [0.25, 0.3) is 0 Å². The number of ether oxygens (including phenoxy) is 1. The van der Waals surface area contributed by atoms with Crippen LogP contribution < -0.4 is 5.32 Å². The Labute approximate surface area is 63.0 Å². The third-order valence-corrected chi connectivity index (χ3v) is 2.11. The van der Waals surface area contributed by atoms with Crippen LogP contribution in [0.2, 0.25) is 0 Å². The average molecular weight is 143 g/mol. The third kappa shape index (κ3) is 1.96. The maximum absolute atomic E-state index is 5.58. The topological polar surface area (TPSA) is 21.3 Å². The largest absolute Gasteiger partial charge is 0.375 e. The lowest BCUT2D eigenvalue weighted by atomic mass is 10.0. The van der Waals surface area contributed by atoms with Crippen molar-refractivity contribution in [3.8, 4) is 0 Å². The van der Waals surface area contributed by atoms with E-state index in [2.05, 4.69) is 19.2 Å². The van der Waals surface area contributed by atoms with Gasteiger partial charge in [-0.15, -0.1) is 0 Å². The van der Waals surface area contributed by atoms with Crippen molar-refractivity contribution in [2.45, 2.75) is 44.9 Å². The molecule has 1 aliphatic rings. The van der Waals surface area contributed by atoms with Gasteiger partial charge in [0.15, 0.2) is 0 Å². The first-order chi connectivity index (χ1) is 4.72. The molecule has 1 aliphatic heterocycles. The van der Waals surface area contributed by atoms with Crippen LogP contribution in [0.5, 0.6) is 0 Å². The van der Waals surface area contributed by atoms with Gasteiger partial charge in [0.1, 0.15) is 0 Å². The Morgan fingerprint density at radius 2 is 1.70 bits per heavy atom. The van der Waals surface area contributed by atoms with Crippen LogP contribution in [0, 0.1) is 0 Å². The second kappa shape index (κ2) is 3.35. The van der Waals surface area contributed by atoms with E-state index < -0.39 is 0 Å². The molecule has 0 aromatic heterocycles. The second-order valence-electron chi connectivity index (χ2n) is 3.21. The van der Waals surface area contributed by atoms with Gasteiger partial charge < -0.3 is 10.1 Å². The molecule has 1 unspecified atom stereocenters. The predicted octanol–water partition coefficient (Wildman–Crippen LogP) is 1.16. The summed E-state index contributed by atoms with van der Waals surface area (Å²) in [5.74, 6) is 0. The summed E-state index contributed by atoms with van der Waals surface area (Å²) in [6.45, 7) is 4.28. The summed E-state index contributed by atoms with van der Waals surface area (Å²) < 4.78 is 5.58. The van der Waals surface area contributed by atoms with Crippen molar-refractivity contribution in [2.75, 3.05) is 7.05 Å². The SMILES string of the molecule is CNC1C[C@@H](C)O[C@@H](C)C1. The van der Waals surface area contributed by atoms with Gasteiger partial charge in [-0.3, -0.25) is 0 Å². The number of hydrogen-bond acceptors (Lipinski definition) is 2. The fourth-order valence-corrected chi connectivity index (χ4v) is 1.64. The van der Waals surface area contributed by atoms with E-state index in [0.717, 1.165) is 12.8 Å². The Bertz CT molecular complexity index is 95.4. The summed E-state index contributed by atoms with van der Waals surface area (Å²) in [5.41, 5.74) is 0. The fraction of sp³-hybridized carbons (Fsp3) is 1.00. The summed E-state index contributed by atoms with van der Waals surface area (Å²) in [5, 5.41) is 3.28. The molecule has 10 heavy (non-hydrogen) atoms. The number of hydrogen-bond donors (Lipinski definition) is 1. The zero-order valence-corrected chi connectivity index (χ0v) is 7.05. The Morgan fingerprint density at radius 1 is 1.20 bits per heavy atom. The Morgan fingerprint density at radius 3 is 2.10 bits per heavy atom. The second-order valence-corrected chi connectivity index (χ2v) is 3.21. The van der Waals surface area contributed by atoms with Crippen molar-refractivity contribution in [2.24, 2.45) is 0 Å². The normalized spacial score (nSPS) is 41.7. The molecule has 0 saturated carbocycles. The zero-order valence-electron chi connectivity index (χ0n) is 7.05. The Hall–Kier alpha value is -0.0800. The molecule has 0 radical (unpaired) electrons. The Balaban J connectivity index is 2.35. The summed E-state index contributed by atoms with van der Waals surface area (Å²) in [7, 11) is 2.02. The van der Waals surface area contributed by atoms with Crippen molar-refractivity contribution in [1.29, 1.82) is 0 Å². The van der Waals surface area contributed by atoms with Gasteiger partial charge in [-0.1, -0.05) is 0 Å². The van der Waals surface area contributed by atoms with Gasteiger partial charge in [0.2, 0.25) is 0 Å². The van der Waals surface area contributed by atoms with Crippen molar-refractivity contribution in [1.82, 2.24) is 5.32 Å². The Kier molecular flexibility index (Phi) is 2.69. The summed E-state index contributed by atoms with van der Waals surface area (Å²) >= 11 is 0. The van der Waals surface area contributed by atoms with E-state index in [-0.39, 0.29) is 0 Å². The van der Waals surface area contributed by atoms with E-state index in [1.165, 1.54) is 0 Å². The molecule has 0 spiro atoms. The van der Waals surface area contributed by atoms with Crippen LogP contribution in [0.3, 0.4) is 0 Å². The molecule has 1 N–H and O–H groups in total. The first-order valence-electron chi connectivity index (χ1n) is 4.05. The molecular formula is C8H17NO. The lowest BCUT2D eigenvalue weighted by molar-refractivity contribution is -0.0409. The van der Waals surface area contributed by atoms with Gasteiger partial charge in [-0.25, -0.2) is 0 Å². The average Bonchev–Trinajstić information content (AvgIpc) is 1.85. The van der Waals surface area contributed by atoms with E-state index in [9.17, 15) is 0 Å². The monoisotopic (exact) mass is 143 g/mol. The van der Waals surface area contributed by atoms with E-state index >= 15 is 0 Å². The molecule has 0 aromatic rings. The minimum Gasteiger partial charge on any atom is -0.375 e. The number of rotatable bonds is 1. The fourth-order valence-electron chi connectivity index (χ4n) is 1.64. The van der Waals surface area contributed by atoms with E-state index in [1.54, 1.807) is 0 Å². The molecule has 1 rings (SSSR count). The molecule has 0 bridgehead atoms. The highest BCUT2D eigenvalue weighted by molar-refractivity contribution is 4.76. The molecule has 2 nitrogen and oxygen atoms in total. The van der Waals surface area contributed by atoms with Crippen LogP contribution in [0.15, 0.2) is 0 Å².